The maximum Gasteiger partial charge on any atom is 0.219 e. The van der Waals surface area contributed by atoms with Crippen LogP contribution in [0.25, 0.3) is 0 Å². The molecule has 3 aliphatic heterocycles. The molecule has 6 heteroatoms. The number of hydrazine groups is 1. The van der Waals surface area contributed by atoms with Crippen LogP contribution in [0.1, 0.15) is 19.8 Å². The summed E-state index contributed by atoms with van der Waals surface area (Å²) in [5, 5.41) is 1.93. The number of piperazine rings is 1. The third-order valence-electron chi connectivity index (χ3n) is 5.38. The highest BCUT2D eigenvalue weighted by atomic mass is 16.2. The largest absolute Gasteiger partial charge is 0.343 e. The quantitative estimate of drug-likeness (QED) is 0.706. The minimum absolute atomic E-state index is 0.233. The molecule has 0 saturated carbocycles. The van der Waals surface area contributed by atoms with Gasteiger partial charge in [-0.25, -0.2) is 5.01 Å². The van der Waals surface area contributed by atoms with E-state index < -0.39 is 0 Å². The Morgan fingerprint density at radius 3 is 2.24 bits per heavy atom. The Balaban J connectivity index is 1.33. The number of carbonyl (C=O) groups is 1. The molecule has 0 aliphatic carbocycles. The molecule has 3 heterocycles. The van der Waals surface area contributed by atoms with Gasteiger partial charge in [0, 0.05) is 71.9 Å². The van der Waals surface area contributed by atoms with Crippen molar-refractivity contribution >= 4 is 5.91 Å². The third-order valence-corrected chi connectivity index (χ3v) is 5.38. The smallest absolute Gasteiger partial charge is 0.219 e. The van der Waals surface area contributed by atoms with Crippen molar-refractivity contribution in [3.8, 4) is 0 Å². The SMILES string of the molecule is CC(=O)N1CCC(CN2CC(N3CCN(N)CC3)C2)CC1. The first-order chi connectivity index (χ1) is 10.1. The van der Waals surface area contributed by atoms with E-state index in [0.29, 0.717) is 0 Å². The molecular weight excluding hydrogens is 266 g/mol. The van der Waals surface area contributed by atoms with Gasteiger partial charge in [0.2, 0.25) is 5.91 Å². The second kappa shape index (κ2) is 6.60. The van der Waals surface area contributed by atoms with E-state index >= 15 is 0 Å². The summed E-state index contributed by atoms with van der Waals surface area (Å²) in [6.45, 7) is 11.5. The molecule has 21 heavy (non-hydrogen) atoms. The van der Waals surface area contributed by atoms with Crippen LogP contribution in [0.2, 0.25) is 0 Å². The van der Waals surface area contributed by atoms with Crippen LogP contribution < -0.4 is 5.84 Å². The fraction of sp³-hybridized carbons (Fsp3) is 0.933. The number of carbonyl (C=O) groups excluding carboxylic acids is 1. The van der Waals surface area contributed by atoms with Gasteiger partial charge in [0.15, 0.2) is 0 Å². The molecular formula is C15H29N5O. The van der Waals surface area contributed by atoms with Crippen LogP contribution >= 0.6 is 0 Å². The summed E-state index contributed by atoms with van der Waals surface area (Å²) >= 11 is 0. The highest BCUT2D eigenvalue weighted by Crippen LogP contribution is 2.23. The van der Waals surface area contributed by atoms with E-state index in [9.17, 15) is 4.79 Å². The van der Waals surface area contributed by atoms with Gasteiger partial charge in [-0.2, -0.15) is 0 Å². The molecule has 0 radical (unpaired) electrons. The first-order valence-electron chi connectivity index (χ1n) is 8.33. The van der Waals surface area contributed by atoms with Gasteiger partial charge >= 0.3 is 0 Å². The van der Waals surface area contributed by atoms with Gasteiger partial charge in [0.1, 0.15) is 0 Å². The Morgan fingerprint density at radius 2 is 1.67 bits per heavy atom. The van der Waals surface area contributed by atoms with Gasteiger partial charge in [-0.1, -0.05) is 0 Å². The summed E-state index contributed by atoms with van der Waals surface area (Å²) in [4.78, 5) is 18.5. The third kappa shape index (κ3) is 3.74. The molecule has 3 aliphatic rings. The fourth-order valence-electron chi connectivity index (χ4n) is 3.82. The lowest BCUT2D eigenvalue weighted by atomic mass is 9.94. The van der Waals surface area contributed by atoms with Gasteiger partial charge in [0.05, 0.1) is 0 Å². The van der Waals surface area contributed by atoms with E-state index in [4.69, 9.17) is 5.84 Å². The highest BCUT2D eigenvalue weighted by Gasteiger charge is 2.34. The summed E-state index contributed by atoms with van der Waals surface area (Å²) in [6.07, 6.45) is 2.35. The second-order valence-electron chi connectivity index (χ2n) is 6.89. The molecule has 0 aromatic rings. The van der Waals surface area contributed by atoms with Crippen molar-refractivity contribution in [3.05, 3.63) is 0 Å². The van der Waals surface area contributed by atoms with Gasteiger partial charge in [-0.05, 0) is 18.8 Å². The molecule has 120 valence electrons. The van der Waals surface area contributed by atoms with Crippen LogP contribution in [0.3, 0.4) is 0 Å². The van der Waals surface area contributed by atoms with Crippen molar-refractivity contribution in [2.75, 3.05) is 58.9 Å². The monoisotopic (exact) mass is 295 g/mol. The Bertz CT molecular complexity index is 355. The topological polar surface area (TPSA) is 56.1 Å². The molecule has 1 amide bonds. The average molecular weight is 295 g/mol. The van der Waals surface area contributed by atoms with Crippen LogP contribution in [0.4, 0.5) is 0 Å². The standard InChI is InChI=1S/C15H29N5O/c1-13(21)18-4-2-14(3-5-18)10-17-11-15(12-17)19-6-8-20(16)9-7-19/h14-15H,2-12,16H2,1H3. The minimum Gasteiger partial charge on any atom is -0.343 e. The first-order valence-corrected chi connectivity index (χ1v) is 8.33. The van der Waals surface area contributed by atoms with Crippen LogP contribution in [0, 0.1) is 5.92 Å². The maximum absolute atomic E-state index is 11.3. The van der Waals surface area contributed by atoms with Crippen LogP contribution in [0.5, 0.6) is 0 Å². The molecule has 0 atom stereocenters. The van der Waals surface area contributed by atoms with E-state index in [0.717, 1.165) is 51.2 Å². The second-order valence-corrected chi connectivity index (χ2v) is 6.89. The van der Waals surface area contributed by atoms with Gasteiger partial charge in [-0.15, -0.1) is 0 Å². The molecule has 0 aromatic heterocycles. The predicted octanol–water partition coefficient (Wildman–Crippen LogP) is -0.580. The summed E-state index contributed by atoms with van der Waals surface area (Å²) in [5.41, 5.74) is 0. The zero-order valence-electron chi connectivity index (χ0n) is 13.2. The molecule has 0 spiro atoms. The van der Waals surface area contributed by atoms with E-state index in [1.807, 2.05) is 9.91 Å². The van der Waals surface area contributed by atoms with E-state index in [-0.39, 0.29) is 5.91 Å². The van der Waals surface area contributed by atoms with Crippen LogP contribution in [-0.2, 0) is 4.79 Å². The number of piperidine rings is 1. The van der Waals surface area contributed by atoms with Crippen molar-refractivity contribution < 1.29 is 4.79 Å². The lowest BCUT2D eigenvalue weighted by Gasteiger charge is -2.49. The number of hydrogen-bond donors (Lipinski definition) is 1. The Morgan fingerprint density at radius 1 is 1.05 bits per heavy atom. The summed E-state index contributed by atoms with van der Waals surface area (Å²) in [5.74, 6) is 6.82. The van der Waals surface area contributed by atoms with Crippen LogP contribution in [0.15, 0.2) is 0 Å². The van der Waals surface area contributed by atoms with Gasteiger partial charge < -0.3 is 4.90 Å². The van der Waals surface area contributed by atoms with E-state index in [1.54, 1.807) is 6.92 Å². The Hall–Kier alpha value is -0.690. The molecule has 3 rings (SSSR count). The fourth-order valence-corrected chi connectivity index (χ4v) is 3.82. The number of nitrogens with two attached hydrogens (primary N) is 1. The van der Waals surface area contributed by atoms with Crippen molar-refractivity contribution in [3.63, 3.8) is 0 Å². The molecule has 0 aromatic carbocycles. The number of amides is 1. The Labute approximate surface area is 127 Å². The summed E-state index contributed by atoms with van der Waals surface area (Å²) in [6, 6.07) is 0.746. The predicted molar refractivity (Wildman–Crippen MR) is 82.5 cm³/mol. The normalized spacial score (nSPS) is 27.8. The zero-order valence-corrected chi connectivity index (χ0v) is 13.2. The number of likely N-dealkylation sites (tertiary alicyclic amines) is 2. The summed E-state index contributed by atoms with van der Waals surface area (Å²) in [7, 11) is 0. The molecule has 3 fully saturated rings. The van der Waals surface area contributed by atoms with Crippen LogP contribution in [-0.4, -0.2) is 90.6 Å². The van der Waals surface area contributed by atoms with Crippen molar-refractivity contribution in [1.29, 1.82) is 0 Å². The molecule has 6 nitrogen and oxygen atoms in total. The maximum atomic E-state index is 11.3. The zero-order chi connectivity index (χ0) is 14.8. The first kappa shape index (κ1) is 15.2. The van der Waals surface area contributed by atoms with Crippen molar-refractivity contribution in [1.82, 2.24) is 19.7 Å². The van der Waals surface area contributed by atoms with Crippen molar-refractivity contribution in [2.24, 2.45) is 11.8 Å². The van der Waals surface area contributed by atoms with Gasteiger partial charge in [0.25, 0.3) is 0 Å². The number of nitrogens with zero attached hydrogens (tertiary/aromatic N) is 4. The average Bonchev–Trinajstić information content (AvgIpc) is 2.44. The lowest BCUT2D eigenvalue weighted by Crippen LogP contribution is -2.64. The van der Waals surface area contributed by atoms with Crippen molar-refractivity contribution in [2.45, 2.75) is 25.8 Å². The summed E-state index contributed by atoms with van der Waals surface area (Å²) < 4.78 is 0. The van der Waals surface area contributed by atoms with Gasteiger partial charge in [-0.3, -0.25) is 20.4 Å². The van der Waals surface area contributed by atoms with E-state index in [1.165, 1.54) is 32.5 Å². The van der Waals surface area contributed by atoms with E-state index in [2.05, 4.69) is 9.80 Å². The minimum atomic E-state index is 0.233. The highest BCUT2D eigenvalue weighted by molar-refractivity contribution is 5.73. The molecule has 3 saturated heterocycles. The molecule has 2 N–H and O–H groups in total. The lowest BCUT2D eigenvalue weighted by molar-refractivity contribution is -0.130. The number of hydrogen-bond acceptors (Lipinski definition) is 5. The molecule has 0 unspecified atom stereocenters. The Kier molecular flexibility index (Phi) is 4.78. The molecule has 0 bridgehead atoms. The number of rotatable bonds is 3.